The molecule has 78 valence electrons. The van der Waals surface area contributed by atoms with Gasteiger partial charge in [0.1, 0.15) is 0 Å². The molecule has 0 bridgehead atoms. The Labute approximate surface area is 88.9 Å². The predicted molar refractivity (Wildman–Crippen MR) is 59.8 cm³/mol. The van der Waals surface area contributed by atoms with Crippen molar-refractivity contribution < 1.29 is 4.79 Å². The summed E-state index contributed by atoms with van der Waals surface area (Å²) in [6, 6.07) is 7.88. The number of hydrogen-bond acceptors (Lipinski definition) is 2. The van der Waals surface area contributed by atoms with Gasteiger partial charge >= 0.3 is 0 Å². The molecule has 2 N–H and O–H groups in total. The summed E-state index contributed by atoms with van der Waals surface area (Å²) in [5, 5.41) is 6.38. The van der Waals surface area contributed by atoms with Crippen molar-refractivity contribution in [3.8, 4) is 0 Å². The third-order valence-electron chi connectivity index (χ3n) is 3.58. The van der Waals surface area contributed by atoms with Crippen molar-refractivity contribution >= 4 is 17.3 Å². The Morgan fingerprint density at radius 1 is 1.13 bits per heavy atom. The summed E-state index contributed by atoms with van der Waals surface area (Å²) in [5.41, 5.74) is 1.81. The van der Waals surface area contributed by atoms with Gasteiger partial charge in [-0.1, -0.05) is 18.6 Å². The quantitative estimate of drug-likeness (QED) is 0.677. The Morgan fingerprint density at radius 3 is 2.53 bits per heavy atom. The Balaban J connectivity index is 1.96. The number of hydrogen-bond donors (Lipinski definition) is 2. The van der Waals surface area contributed by atoms with Crippen LogP contribution in [0.15, 0.2) is 24.3 Å². The minimum absolute atomic E-state index is 0.140. The van der Waals surface area contributed by atoms with E-state index in [1.165, 1.54) is 6.42 Å². The highest BCUT2D eigenvalue weighted by molar-refractivity contribution is 6.00. The van der Waals surface area contributed by atoms with E-state index in [0.29, 0.717) is 0 Å². The first-order chi connectivity index (χ1) is 7.30. The molecule has 0 unspecified atom stereocenters. The van der Waals surface area contributed by atoms with Gasteiger partial charge in [0.25, 0.3) is 0 Å². The molecule has 1 amide bonds. The SMILES string of the molecule is O=C1Nc2ccccc2NCC12CCC2. The number of nitrogens with one attached hydrogen (secondary N) is 2. The number of anilines is 2. The largest absolute Gasteiger partial charge is 0.382 e. The van der Waals surface area contributed by atoms with Crippen LogP contribution in [-0.2, 0) is 4.79 Å². The van der Waals surface area contributed by atoms with Gasteiger partial charge in [0, 0.05) is 6.54 Å². The van der Waals surface area contributed by atoms with Crippen molar-refractivity contribution in [3.05, 3.63) is 24.3 Å². The molecular formula is C12H14N2O. The van der Waals surface area contributed by atoms with Crippen LogP contribution in [0.3, 0.4) is 0 Å². The second kappa shape index (κ2) is 2.99. The Bertz CT molecular complexity index is 410. The van der Waals surface area contributed by atoms with Crippen molar-refractivity contribution in [1.29, 1.82) is 0 Å². The van der Waals surface area contributed by atoms with Gasteiger partial charge in [0.2, 0.25) is 5.91 Å². The molecule has 3 heteroatoms. The van der Waals surface area contributed by atoms with Crippen LogP contribution in [0.5, 0.6) is 0 Å². The molecule has 1 aliphatic carbocycles. The molecule has 0 aromatic heterocycles. The van der Waals surface area contributed by atoms with Crippen molar-refractivity contribution in [2.75, 3.05) is 17.2 Å². The second-order valence-corrected chi connectivity index (χ2v) is 4.49. The number of amides is 1. The lowest BCUT2D eigenvalue weighted by Gasteiger charge is -2.38. The molecule has 0 saturated heterocycles. The lowest BCUT2D eigenvalue weighted by Crippen LogP contribution is -2.45. The fourth-order valence-corrected chi connectivity index (χ4v) is 2.35. The van der Waals surface area contributed by atoms with E-state index in [4.69, 9.17) is 0 Å². The van der Waals surface area contributed by atoms with Crippen molar-refractivity contribution in [1.82, 2.24) is 0 Å². The maximum atomic E-state index is 12.0. The summed E-state index contributed by atoms with van der Waals surface area (Å²) in [4.78, 5) is 12.0. The molecule has 1 aromatic carbocycles. The van der Waals surface area contributed by atoms with Crippen LogP contribution in [0.4, 0.5) is 11.4 Å². The third-order valence-corrected chi connectivity index (χ3v) is 3.58. The Kier molecular flexibility index (Phi) is 1.75. The normalized spacial score (nSPS) is 22.0. The van der Waals surface area contributed by atoms with E-state index < -0.39 is 0 Å². The topological polar surface area (TPSA) is 41.1 Å². The second-order valence-electron chi connectivity index (χ2n) is 4.49. The van der Waals surface area contributed by atoms with E-state index in [1.807, 2.05) is 24.3 Å². The fraction of sp³-hybridized carbons (Fsp3) is 0.417. The van der Waals surface area contributed by atoms with Crippen LogP contribution in [-0.4, -0.2) is 12.5 Å². The first-order valence-corrected chi connectivity index (χ1v) is 5.45. The minimum atomic E-state index is -0.140. The molecule has 2 aliphatic rings. The number of para-hydroxylation sites is 2. The maximum absolute atomic E-state index is 12.0. The molecule has 1 fully saturated rings. The number of benzene rings is 1. The zero-order valence-electron chi connectivity index (χ0n) is 8.55. The van der Waals surface area contributed by atoms with Gasteiger partial charge < -0.3 is 10.6 Å². The van der Waals surface area contributed by atoms with E-state index in [1.54, 1.807) is 0 Å². The predicted octanol–water partition coefficient (Wildman–Crippen LogP) is 2.22. The van der Waals surface area contributed by atoms with Gasteiger partial charge in [0.05, 0.1) is 16.8 Å². The molecule has 15 heavy (non-hydrogen) atoms. The highest BCUT2D eigenvalue weighted by Crippen LogP contribution is 2.44. The zero-order valence-corrected chi connectivity index (χ0v) is 8.55. The fourth-order valence-electron chi connectivity index (χ4n) is 2.35. The van der Waals surface area contributed by atoms with Gasteiger partial charge in [-0.2, -0.15) is 0 Å². The highest BCUT2D eigenvalue weighted by Gasteiger charge is 2.45. The molecule has 1 aromatic rings. The van der Waals surface area contributed by atoms with E-state index in [9.17, 15) is 4.79 Å². The molecule has 0 radical (unpaired) electrons. The molecule has 1 aliphatic heterocycles. The van der Waals surface area contributed by atoms with E-state index in [-0.39, 0.29) is 11.3 Å². The number of fused-ring (bicyclic) bond motifs is 1. The number of carbonyl (C=O) groups excluding carboxylic acids is 1. The third kappa shape index (κ3) is 1.23. The molecule has 1 heterocycles. The van der Waals surface area contributed by atoms with Crippen LogP contribution in [0.2, 0.25) is 0 Å². The molecule has 3 nitrogen and oxygen atoms in total. The zero-order chi connectivity index (χ0) is 10.3. The maximum Gasteiger partial charge on any atom is 0.232 e. The number of rotatable bonds is 0. The molecule has 1 saturated carbocycles. The van der Waals surface area contributed by atoms with Crippen molar-refractivity contribution in [2.24, 2.45) is 5.41 Å². The van der Waals surface area contributed by atoms with Gasteiger partial charge in [-0.25, -0.2) is 0 Å². The Morgan fingerprint density at radius 2 is 1.87 bits per heavy atom. The van der Waals surface area contributed by atoms with E-state index in [2.05, 4.69) is 10.6 Å². The van der Waals surface area contributed by atoms with Gasteiger partial charge in [-0.3, -0.25) is 4.79 Å². The Hall–Kier alpha value is -1.51. The summed E-state index contributed by atoms with van der Waals surface area (Å²) < 4.78 is 0. The molecule has 1 spiro atoms. The molecule has 3 rings (SSSR count). The summed E-state index contributed by atoms with van der Waals surface area (Å²) >= 11 is 0. The van der Waals surface area contributed by atoms with Crippen LogP contribution in [0.25, 0.3) is 0 Å². The van der Waals surface area contributed by atoms with Gasteiger partial charge in [0.15, 0.2) is 0 Å². The number of carbonyl (C=O) groups is 1. The summed E-state index contributed by atoms with van der Waals surface area (Å²) in [6.07, 6.45) is 3.20. The van der Waals surface area contributed by atoms with Gasteiger partial charge in [-0.15, -0.1) is 0 Å². The smallest absolute Gasteiger partial charge is 0.232 e. The van der Waals surface area contributed by atoms with Crippen molar-refractivity contribution in [3.63, 3.8) is 0 Å². The first kappa shape index (κ1) is 8.77. The lowest BCUT2D eigenvalue weighted by atomic mass is 9.68. The summed E-state index contributed by atoms with van der Waals surface area (Å²) in [5.74, 6) is 0.186. The van der Waals surface area contributed by atoms with E-state index in [0.717, 1.165) is 30.8 Å². The van der Waals surface area contributed by atoms with Crippen molar-refractivity contribution in [2.45, 2.75) is 19.3 Å². The average molecular weight is 202 g/mol. The minimum Gasteiger partial charge on any atom is -0.382 e. The van der Waals surface area contributed by atoms with Crippen LogP contribution >= 0.6 is 0 Å². The first-order valence-electron chi connectivity index (χ1n) is 5.45. The molecular weight excluding hydrogens is 188 g/mol. The average Bonchev–Trinajstić information content (AvgIpc) is 2.32. The monoisotopic (exact) mass is 202 g/mol. The lowest BCUT2D eigenvalue weighted by molar-refractivity contribution is -0.129. The van der Waals surface area contributed by atoms with Crippen LogP contribution < -0.4 is 10.6 Å². The standard InChI is InChI=1S/C12H14N2O/c15-11-12(6-3-7-12)8-13-9-4-1-2-5-10(9)14-11/h1-2,4-5,13H,3,6-8H2,(H,14,15). The van der Waals surface area contributed by atoms with Crippen LogP contribution in [0, 0.1) is 5.41 Å². The summed E-state index contributed by atoms with van der Waals surface area (Å²) in [7, 11) is 0. The van der Waals surface area contributed by atoms with Gasteiger partial charge in [-0.05, 0) is 25.0 Å². The summed E-state index contributed by atoms with van der Waals surface area (Å²) in [6.45, 7) is 0.774. The van der Waals surface area contributed by atoms with Crippen LogP contribution in [0.1, 0.15) is 19.3 Å². The van der Waals surface area contributed by atoms with E-state index >= 15 is 0 Å². The molecule has 0 atom stereocenters. The highest BCUT2D eigenvalue weighted by atomic mass is 16.2.